The molecule has 0 spiro atoms. The first-order valence-electron chi connectivity index (χ1n) is 9.31. The van der Waals surface area contributed by atoms with E-state index in [4.69, 9.17) is 21.2 Å². The quantitative estimate of drug-likeness (QED) is 0.728. The summed E-state index contributed by atoms with van der Waals surface area (Å²) in [6, 6.07) is 4.10. The minimum absolute atomic E-state index is 0.0252. The Labute approximate surface area is 167 Å². The number of benzene rings is 1. The molecule has 8 heteroatoms. The van der Waals surface area contributed by atoms with E-state index in [1.807, 2.05) is 0 Å². The molecular formula is C20H22ClFN2O4. The first-order valence-corrected chi connectivity index (χ1v) is 9.69. The Balaban J connectivity index is 1.85. The van der Waals surface area contributed by atoms with Crippen molar-refractivity contribution in [2.45, 2.75) is 51.5 Å². The molecule has 3 rings (SSSR count). The average molecular weight is 409 g/mol. The Morgan fingerprint density at radius 2 is 2.11 bits per heavy atom. The summed E-state index contributed by atoms with van der Waals surface area (Å²) < 4.78 is 19.5. The lowest BCUT2D eigenvalue weighted by Gasteiger charge is -2.32. The molecule has 150 valence electrons. The zero-order chi connectivity index (χ0) is 20.3. The minimum atomic E-state index is -0.845. The van der Waals surface area contributed by atoms with Crippen LogP contribution in [-0.4, -0.2) is 28.2 Å². The van der Waals surface area contributed by atoms with Crippen LogP contribution in [0.3, 0.4) is 0 Å². The number of aliphatic carboxylic acids is 1. The first-order chi connectivity index (χ1) is 13.4. The van der Waals surface area contributed by atoms with E-state index in [0.717, 1.165) is 25.7 Å². The molecule has 0 bridgehead atoms. The number of aromatic nitrogens is 1. The molecule has 1 aromatic carbocycles. The number of nitrogens with one attached hydrogen (secondary N) is 1. The Morgan fingerprint density at radius 1 is 1.36 bits per heavy atom. The van der Waals surface area contributed by atoms with Gasteiger partial charge in [-0.3, -0.25) is 9.59 Å². The summed E-state index contributed by atoms with van der Waals surface area (Å²) in [6.07, 6.45) is 4.19. The van der Waals surface area contributed by atoms with Gasteiger partial charge in [-0.2, -0.15) is 0 Å². The molecule has 6 nitrogen and oxygen atoms in total. The lowest BCUT2D eigenvalue weighted by atomic mass is 9.81. The standard InChI is InChI=1S/C20H22ClFN2O4/c1-11-17(19(24-28-11)18-13(21)6-4-7-14(18)22)20(27)23-15-8-3-2-5-12(15)9-10-16(25)26/h4,6-7,12,15H,2-3,5,8-10H2,1H3,(H,23,27)(H,25,26)/t12-,15+/m0/s1. The number of carbonyl (C=O) groups is 2. The molecule has 1 amide bonds. The smallest absolute Gasteiger partial charge is 0.303 e. The topological polar surface area (TPSA) is 92.4 Å². The van der Waals surface area contributed by atoms with Crippen molar-refractivity contribution < 1.29 is 23.6 Å². The highest BCUT2D eigenvalue weighted by molar-refractivity contribution is 6.33. The van der Waals surface area contributed by atoms with Gasteiger partial charge in [-0.1, -0.05) is 35.7 Å². The predicted molar refractivity (Wildman–Crippen MR) is 102 cm³/mol. The fraction of sp³-hybridized carbons (Fsp3) is 0.450. The summed E-state index contributed by atoms with van der Waals surface area (Å²) >= 11 is 6.13. The molecule has 0 unspecified atom stereocenters. The van der Waals surface area contributed by atoms with Gasteiger partial charge >= 0.3 is 5.97 Å². The van der Waals surface area contributed by atoms with Crippen molar-refractivity contribution in [3.8, 4) is 11.3 Å². The number of hydrogen-bond donors (Lipinski definition) is 2. The molecule has 1 heterocycles. The van der Waals surface area contributed by atoms with Gasteiger partial charge < -0.3 is 14.9 Å². The van der Waals surface area contributed by atoms with E-state index in [1.54, 1.807) is 6.92 Å². The summed E-state index contributed by atoms with van der Waals surface area (Å²) in [6.45, 7) is 1.59. The van der Waals surface area contributed by atoms with Crippen LogP contribution in [0.2, 0.25) is 5.02 Å². The van der Waals surface area contributed by atoms with Gasteiger partial charge in [-0.15, -0.1) is 0 Å². The second-order valence-corrected chi connectivity index (χ2v) is 7.52. The summed E-state index contributed by atoms with van der Waals surface area (Å²) in [4.78, 5) is 23.9. The van der Waals surface area contributed by atoms with E-state index in [0.29, 0.717) is 6.42 Å². The zero-order valence-electron chi connectivity index (χ0n) is 15.5. The molecule has 1 fully saturated rings. The second-order valence-electron chi connectivity index (χ2n) is 7.12. The lowest BCUT2D eigenvalue weighted by Crippen LogP contribution is -2.42. The Hall–Kier alpha value is -2.41. The number of aryl methyl sites for hydroxylation is 1. The van der Waals surface area contributed by atoms with E-state index in [2.05, 4.69) is 10.5 Å². The van der Waals surface area contributed by atoms with Crippen LogP contribution in [0.25, 0.3) is 11.3 Å². The van der Waals surface area contributed by atoms with Gasteiger partial charge in [0.05, 0.1) is 10.6 Å². The van der Waals surface area contributed by atoms with Crippen LogP contribution in [0.5, 0.6) is 0 Å². The molecule has 2 aromatic rings. The normalized spacial score (nSPS) is 19.4. The van der Waals surface area contributed by atoms with Crippen molar-refractivity contribution >= 4 is 23.5 Å². The third-order valence-corrected chi connectivity index (χ3v) is 5.56. The van der Waals surface area contributed by atoms with Crippen LogP contribution in [0, 0.1) is 18.7 Å². The summed E-state index contributed by atoms with van der Waals surface area (Å²) in [7, 11) is 0. The first kappa shape index (κ1) is 20.3. The van der Waals surface area contributed by atoms with Crippen molar-refractivity contribution in [2.75, 3.05) is 0 Å². The minimum Gasteiger partial charge on any atom is -0.481 e. The number of carbonyl (C=O) groups excluding carboxylic acids is 1. The Morgan fingerprint density at radius 3 is 2.82 bits per heavy atom. The molecule has 1 aliphatic rings. The van der Waals surface area contributed by atoms with Crippen LogP contribution in [0.4, 0.5) is 4.39 Å². The molecule has 1 aliphatic carbocycles. The van der Waals surface area contributed by atoms with E-state index in [1.165, 1.54) is 18.2 Å². The SMILES string of the molecule is Cc1onc(-c2c(F)cccc2Cl)c1C(=O)N[C@@H]1CCCC[C@H]1CCC(=O)O. The maximum absolute atomic E-state index is 14.3. The lowest BCUT2D eigenvalue weighted by molar-refractivity contribution is -0.137. The monoisotopic (exact) mass is 408 g/mol. The van der Waals surface area contributed by atoms with Gasteiger partial charge in [0.2, 0.25) is 0 Å². The third-order valence-electron chi connectivity index (χ3n) is 5.24. The van der Waals surface area contributed by atoms with Gasteiger partial charge in [0.25, 0.3) is 5.91 Å². The number of amides is 1. The highest BCUT2D eigenvalue weighted by Gasteiger charge is 2.31. The summed E-state index contributed by atoms with van der Waals surface area (Å²) in [5, 5.41) is 15.9. The fourth-order valence-electron chi connectivity index (χ4n) is 3.83. The van der Waals surface area contributed by atoms with Crippen molar-refractivity contribution in [1.29, 1.82) is 0 Å². The number of nitrogens with zero attached hydrogens (tertiary/aromatic N) is 1. The second kappa shape index (κ2) is 8.73. The fourth-order valence-corrected chi connectivity index (χ4v) is 4.08. The molecule has 1 saturated carbocycles. The number of carboxylic acid groups (broad SMARTS) is 1. The van der Waals surface area contributed by atoms with Crippen LogP contribution in [-0.2, 0) is 4.79 Å². The highest BCUT2D eigenvalue weighted by Crippen LogP contribution is 2.34. The average Bonchev–Trinajstić information content (AvgIpc) is 3.02. The van der Waals surface area contributed by atoms with Crippen molar-refractivity contribution in [1.82, 2.24) is 10.5 Å². The number of halogens is 2. The number of rotatable bonds is 6. The summed E-state index contributed by atoms with van der Waals surface area (Å²) in [5.74, 6) is -1.49. The largest absolute Gasteiger partial charge is 0.481 e. The van der Waals surface area contributed by atoms with Crippen LogP contribution in [0.1, 0.15) is 54.6 Å². The van der Waals surface area contributed by atoms with E-state index < -0.39 is 17.7 Å². The zero-order valence-corrected chi connectivity index (χ0v) is 16.3. The van der Waals surface area contributed by atoms with Crippen LogP contribution < -0.4 is 5.32 Å². The molecule has 0 radical (unpaired) electrons. The third kappa shape index (κ3) is 4.35. The van der Waals surface area contributed by atoms with Gasteiger partial charge in [-0.25, -0.2) is 4.39 Å². The van der Waals surface area contributed by atoms with E-state index >= 15 is 0 Å². The number of carboxylic acids is 1. The van der Waals surface area contributed by atoms with E-state index in [9.17, 15) is 14.0 Å². The molecule has 2 atom stereocenters. The van der Waals surface area contributed by atoms with Crippen molar-refractivity contribution in [3.63, 3.8) is 0 Å². The van der Waals surface area contributed by atoms with Crippen molar-refractivity contribution in [2.24, 2.45) is 5.92 Å². The van der Waals surface area contributed by atoms with Crippen LogP contribution >= 0.6 is 11.6 Å². The van der Waals surface area contributed by atoms with Crippen molar-refractivity contribution in [3.05, 3.63) is 40.4 Å². The molecule has 0 aliphatic heterocycles. The van der Waals surface area contributed by atoms with Gasteiger partial charge in [0.1, 0.15) is 22.8 Å². The molecular weight excluding hydrogens is 387 g/mol. The summed E-state index contributed by atoms with van der Waals surface area (Å²) in [5.41, 5.74) is 0.239. The van der Waals surface area contributed by atoms with Gasteiger partial charge in [-0.05, 0) is 44.2 Å². The van der Waals surface area contributed by atoms with Gasteiger partial charge in [0.15, 0.2) is 0 Å². The molecule has 28 heavy (non-hydrogen) atoms. The Kier molecular flexibility index (Phi) is 6.34. The molecule has 0 saturated heterocycles. The highest BCUT2D eigenvalue weighted by atomic mass is 35.5. The predicted octanol–water partition coefficient (Wildman–Crippen LogP) is 4.60. The van der Waals surface area contributed by atoms with E-state index in [-0.39, 0.29) is 46.0 Å². The van der Waals surface area contributed by atoms with Gasteiger partial charge in [0, 0.05) is 12.5 Å². The Bertz CT molecular complexity index is 863. The maximum atomic E-state index is 14.3. The number of hydrogen-bond acceptors (Lipinski definition) is 4. The molecule has 2 N–H and O–H groups in total. The van der Waals surface area contributed by atoms with Crippen LogP contribution in [0.15, 0.2) is 22.7 Å². The maximum Gasteiger partial charge on any atom is 0.303 e. The molecule has 1 aromatic heterocycles.